The number of hydrogen-bond acceptors (Lipinski definition) is 6. The highest BCUT2D eigenvalue weighted by atomic mass is 19.4. The Kier molecular flexibility index (Phi) is 8.66. The second-order valence-electron chi connectivity index (χ2n) is 8.70. The number of rotatable bonds is 8. The van der Waals surface area contributed by atoms with E-state index in [2.05, 4.69) is 10.6 Å². The van der Waals surface area contributed by atoms with Gasteiger partial charge in [-0.1, -0.05) is 42.5 Å². The fourth-order valence-corrected chi connectivity index (χ4v) is 3.96. The molecular weight excluding hydrogens is 541 g/mol. The molecule has 1 atom stereocenters. The highest BCUT2D eigenvalue weighted by molar-refractivity contribution is 6.01. The molecule has 3 N–H and O–H groups in total. The number of alkyl halides is 3. The largest absolute Gasteiger partial charge is 0.504 e. The second kappa shape index (κ2) is 12.3. The number of anilines is 2. The topological polar surface area (TPSA) is 106 Å². The normalized spacial score (nSPS) is 11.7. The number of nitrogens with one attached hydrogen (secondary N) is 2. The van der Waals surface area contributed by atoms with E-state index in [1.54, 1.807) is 30.3 Å². The van der Waals surface area contributed by atoms with E-state index in [9.17, 15) is 27.9 Å². The first-order valence-corrected chi connectivity index (χ1v) is 12.1. The third-order valence-corrected chi connectivity index (χ3v) is 5.97. The smallest absolute Gasteiger partial charge is 0.416 e. The summed E-state index contributed by atoms with van der Waals surface area (Å²) in [5.41, 5.74) is 0.798. The van der Waals surface area contributed by atoms with E-state index in [-0.39, 0.29) is 28.5 Å². The zero-order chi connectivity index (χ0) is 29.6. The van der Waals surface area contributed by atoms with Crippen molar-refractivity contribution in [3.63, 3.8) is 0 Å². The van der Waals surface area contributed by atoms with Gasteiger partial charge in [-0.2, -0.15) is 13.2 Å². The van der Waals surface area contributed by atoms with Crippen molar-refractivity contribution in [3.05, 3.63) is 113 Å². The summed E-state index contributed by atoms with van der Waals surface area (Å²) in [7, 11) is 2.55. The van der Waals surface area contributed by atoms with Crippen molar-refractivity contribution in [3.8, 4) is 17.2 Å². The first-order chi connectivity index (χ1) is 19.6. The monoisotopic (exact) mass is 566 g/mol. The van der Waals surface area contributed by atoms with Gasteiger partial charge in [0.25, 0.3) is 0 Å². The van der Waals surface area contributed by atoms with Gasteiger partial charge in [-0.05, 0) is 53.6 Å². The van der Waals surface area contributed by atoms with E-state index >= 15 is 0 Å². The van der Waals surface area contributed by atoms with Crippen molar-refractivity contribution in [1.29, 1.82) is 0 Å². The van der Waals surface area contributed by atoms with Crippen LogP contribution in [0.5, 0.6) is 17.2 Å². The summed E-state index contributed by atoms with van der Waals surface area (Å²) in [5.74, 6) is -0.605. The van der Waals surface area contributed by atoms with Crippen molar-refractivity contribution in [2.75, 3.05) is 24.9 Å². The molecule has 0 aliphatic heterocycles. The second-order valence-corrected chi connectivity index (χ2v) is 8.70. The maximum Gasteiger partial charge on any atom is 0.416 e. The van der Waals surface area contributed by atoms with Crippen LogP contribution in [0.25, 0.3) is 0 Å². The van der Waals surface area contributed by atoms with Gasteiger partial charge in [0.1, 0.15) is 17.4 Å². The van der Waals surface area contributed by atoms with Gasteiger partial charge in [0.2, 0.25) is 0 Å². The van der Waals surface area contributed by atoms with Gasteiger partial charge in [-0.3, -0.25) is 0 Å². The molecule has 0 heterocycles. The zero-order valence-electron chi connectivity index (χ0n) is 21.9. The van der Waals surface area contributed by atoms with E-state index in [0.29, 0.717) is 16.8 Å². The molecule has 11 heteroatoms. The third kappa shape index (κ3) is 7.07. The van der Waals surface area contributed by atoms with Crippen LogP contribution in [0.2, 0.25) is 0 Å². The molecule has 1 unspecified atom stereocenters. The van der Waals surface area contributed by atoms with Crippen LogP contribution in [0.15, 0.2) is 91.0 Å². The first kappa shape index (κ1) is 28.8. The summed E-state index contributed by atoms with van der Waals surface area (Å²) in [5, 5.41) is 14.9. The van der Waals surface area contributed by atoms with Gasteiger partial charge in [0.15, 0.2) is 11.5 Å². The number of hydrogen-bond donors (Lipinski definition) is 3. The highest BCUT2D eigenvalue weighted by Gasteiger charge is 2.31. The lowest BCUT2D eigenvalue weighted by Gasteiger charge is -2.22. The van der Waals surface area contributed by atoms with Gasteiger partial charge >= 0.3 is 18.2 Å². The van der Waals surface area contributed by atoms with Crippen molar-refractivity contribution in [2.45, 2.75) is 12.3 Å². The Morgan fingerprint density at radius 3 is 2.00 bits per heavy atom. The fourth-order valence-electron chi connectivity index (χ4n) is 3.96. The molecule has 41 heavy (non-hydrogen) atoms. The molecular formula is C30H25F3N2O6. The summed E-state index contributed by atoms with van der Waals surface area (Å²) in [4.78, 5) is 25.3. The molecule has 4 rings (SSSR count). The Labute approximate surface area is 233 Å². The lowest BCUT2D eigenvalue weighted by Crippen LogP contribution is -2.20. The SMILES string of the molecule is COC(=O)c1cc(NC(=O)Nc2ccc(O)c(OC)c2)ccc1OC(c1ccccc1)c1ccc(C(F)(F)F)cc1. The number of benzene rings is 4. The summed E-state index contributed by atoms with van der Waals surface area (Å²) in [6.07, 6.45) is -5.36. The van der Waals surface area contributed by atoms with Crippen LogP contribution in [-0.2, 0) is 10.9 Å². The molecule has 4 aromatic rings. The van der Waals surface area contributed by atoms with Crippen LogP contribution < -0.4 is 20.1 Å². The average Bonchev–Trinajstić information content (AvgIpc) is 2.97. The van der Waals surface area contributed by atoms with E-state index in [1.165, 1.54) is 62.8 Å². The molecule has 2 amide bonds. The van der Waals surface area contributed by atoms with Crippen LogP contribution in [0.3, 0.4) is 0 Å². The van der Waals surface area contributed by atoms with Gasteiger partial charge in [0, 0.05) is 17.4 Å². The quantitative estimate of drug-likeness (QED) is 0.156. The number of ether oxygens (including phenoxy) is 3. The molecule has 0 fully saturated rings. The van der Waals surface area contributed by atoms with E-state index in [0.717, 1.165) is 12.1 Å². The number of methoxy groups -OCH3 is 2. The Hall–Kier alpha value is -5.19. The van der Waals surface area contributed by atoms with E-state index in [4.69, 9.17) is 14.2 Å². The third-order valence-electron chi connectivity index (χ3n) is 5.97. The lowest BCUT2D eigenvalue weighted by molar-refractivity contribution is -0.137. The molecule has 0 aliphatic carbocycles. The Morgan fingerprint density at radius 1 is 0.780 bits per heavy atom. The van der Waals surface area contributed by atoms with Crippen molar-refractivity contribution >= 4 is 23.4 Å². The van der Waals surface area contributed by atoms with Crippen molar-refractivity contribution < 1.29 is 42.1 Å². The average molecular weight is 567 g/mol. The number of esters is 1. The maximum atomic E-state index is 13.1. The minimum absolute atomic E-state index is 0.0237. The Balaban J connectivity index is 1.61. The van der Waals surface area contributed by atoms with Gasteiger partial charge < -0.3 is 30.0 Å². The number of halogens is 3. The van der Waals surface area contributed by atoms with Crippen molar-refractivity contribution in [1.82, 2.24) is 0 Å². The standard InChI is InChI=1S/C30H25F3N2O6/c1-39-26-17-22(12-14-24(26)36)35-29(38)34-21-13-15-25(23(16-21)28(37)40-2)41-27(18-6-4-3-5-7-18)19-8-10-20(11-9-19)30(31,32)33/h3-17,27,36H,1-2H3,(H2,34,35,38). The van der Waals surface area contributed by atoms with Gasteiger partial charge in [-0.25, -0.2) is 9.59 Å². The number of carbonyl (C=O) groups excluding carboxylic acids is 2. The molecule has 8 nitrogen and oxygen atoms in total. The number of carbonyl (C=O) groups is 2. The minimum Gasteiger partial charge on any atom is -0.504 e. The number of aromatic hydroxyl groups is 1. The predicted octanol–water partition coefficient (Wildman–Crippen LogP) is 7.02. The molecule has 0 radical (unpaired) electrons. The van der Waals surface area contributed by atoms with Crippen LogP contribution in [0.4, 0.5) is 29.3 Å². The van der Waals surface area contributed by atoms with Crippen LogP contribution >= 0.6 is 0 Å². The van der Waals surface area contributed by atoms with E-state index < -0.39 is 29.8 Å². The summed E-state index contributed by atoms with van der Waals surface area (Å²) in [6.45, 7) is 0. The summed E-state index contributed by atoms with van der Waals surface area (Å²) >= 11 is 0. The summed E-state index contributed by atoms with van der Waals surface area (Å²) in [6, 6.07) is 21.3. The van der Waals surface area contributed by atoms with Crippen molar-refractivity contribution in [2.24, 2.45) is 0 Å². The number of phenols is 1. The zero-order valence-corrected chi connectivity index (χ0v) is 21.9. The number of amides is 2. The predicted molar refractivity (Wildman–Crippen MR) is 145 cm³/mol. The Bertz CT molecular complexity index is 1530. The van der Waals surface area contributed by atoms with Crippen LogP contribution in [-0.4, -0.2) is 31.3 Å². The molecule has 0 aromatic heterocycles. The first-order valence-electron chi connectivity index (χ1n) is 12.1. The molecule has 0 bridgehead atoms. The number of phenolic OH excluding ortho intramolecular Hbond substituents is 1. The summed E-state index contributed by atoms with van der Waals surface area (Å²) < 4.78 is 55.6. The van der Waals surface area contributed by atoms with E-state index in [1.807, 2.05) is 0 Å². The van der Waals surface area contributed by atoms with Gasteiger partial charge in [0.05, 0.1) is 19.8 Å². The lowest BCUT2D eigenvalue weighted by atomic mass is 9.99. The van der Waals surface area contributed by atoms with Crippen LogP contribution in [0.1, 0.15) is 33.2 Å². The number of urea groups is 1. The van der Waals surface area contributed by atoms with Gasteiger partial charge in [-0.15, -0.1) is 0 Å². The molecule has 0 spiro atoms. The minimum atomic E-state index is -4.50. The maximum absolute atomic E-state index is 13.1. The molecule has 0 saturated heterocycles. The highest BCUT2D eigenvalue weighted by Crippen LogP contribution is 2.35. The fraction of sp³-hybridized carbons (Fsp3) is 0.133. The van der Waals surface area contributed by atoms with Crippen LogP contribution in [0, 0.1) is 0 Å². The molecule has 4 aromatic carbocycles. The molecule has 0 aliphatic rings. The molecule has 0 saturated carbocycles. The Morgan fingerprint density at radius 2 is 1.39 bits per heavy atom. The molecule has 212 valence electrons.